The summed E-state index contributed by atoms with van der Waals surface area (Å²) in [6.45, 7) is 3.39. The Hall–Kier alpha value is -2.97. The molecule has 1 saturated heterocycles. The summed E-state index contributed by atoms with van der Waals surface area (Å²) in [5, 5.41) is 14.4. The van der Waals surface area contributed by atoms with Gasteiger partial charge in [-0.2, -0.15) is 0 Å². The number of carbonyl (C=O) groups excluding carboxylic acids is 2. The molecule has 5 rings (SSSR count). The van der Waals surface area contributed by atoms with Crippen LogP contribution in [-0.4, -0.2) is 60.6 Å². The number of hydrogen-bond acceptors (Lipinski definition) is 6. The van der Waals surface area contributed by atoms with Crippen molar-refractivity contribution in [3.8, 4) is 11.5 Å². The van der Waals surface area contributed by atoms with E-state index in [2.05, 4.69) is 10.2 Å². The lowest BCUT2D eigenvalue weighted by Gasteiger charge is -2.30. The Bertz CT molecular complexity index is 1090. The number of Topliss-reactive ketones (excluding diaryl/α,β-unsaturated/α-hetero) is 1. The normalized spacial score (nSPS) is 23.3. The minimum atomic E-state index is -0.913. The van der Waals surface area contributed by atoms with Crippen LogP contribution >= 0.6 is 0 Å². The van der Waals surface area contributed by atoms with E-state index in [4.69, 9.17) is 9.47 Å². The van der Waals surface area contributed by atoms with E-state index in [-0.39, 0.29) is 29.3 Å². The molecule has 0 bridgehead atoms. The Morgan fingerprint density at radius 2 is 1.69 bits per heavy atom. The molecule has 2 N–H and O–H groups in total. The van der Waals surface area contributed by atoms with Crippen molar-refractivity contribution in [3.63, 3.8) is 0 Å². The van der Waals surface area contributed by atoms with Gasteiger partial charge in [-0.05, 0) is 87.2 Å². The van der Waals surface area contributed by atoms with Gasteiger partial charge >= 0.3 is 0 Å². The molecule has 2 aromatic carbocycles. The second-order valence-corrected chi connectivity index (χ2v) is 10.0. The lowest BCUT2D eigenvalue weighted by molar-refractivity contribution is -0.126. The van der Waals surface area contributed by atoms with Crippen LogP contribution in [0.2, 0.25) is 0 Å². The maximum Gasteiger partial charge on any atom is 0.223 e. The lowest BCUT2D eigenvalue weighted by Crippen LogP contribution is -2.48. The first-order valence-corrected chi connectivity index (χ1v) is 12.9. The van der Waals surface area contributed by atoms with Crippen molar-refractivity contribution in [1.29, 1.82) is 0 Å². The third-order valence-electron chi connectivity index (χ3n) is 7.57. The molecule has 1 saturated carbocycles. The maximum atomic E-state index is 13.3. The summed E-state index contributed by atoms with van der Waals surface area (Å²) in [5.41, 5.74) is 1.14. The molecule has 36 heavy (non-hydrogen) atoms. The molecule has 0 aromatic heterocycles. The van der Waals surface area contributed by atoms with E-state index < -0.39 is 12.1 Å². The molecule has 4 atom stereocenters. The molecule has 192 valence electrons. The molecule has 0 spiro atoms. The van der Waals surface area contributed by atoms with Gasteiger partial charge in [0.15, 0.2) is 17.3 Å². The van der Waals surface area contributed by atoms with Gasteiger partial charge < -0.3 is 24.8 Å². The van der Waals surface area contributed by atoms with Crippen molar-refractivity contribution >= 4 is 11.7 Å². The van der Waals surface area contributed by atoms with Crippen LogP contribution in [0.4, 0.5) is 4.39 Å². The molecule has 3 aliphatic rings. The molecule has 2 aromatic rings. The van der Waals surface area contributed by atoms with Crippen LogP contribution in [0.1, 0.15) is 54.1 Å². The smallest absolute Gasteiger partial charge is 0.223 e. The van der Waals surface area contributed by atoms with E-state index >= 15 is 0 Å². The van der Waals surface area contributed by atoms with Gasteiger partial charge in [-0.3, -0.25) is 9.59 Å². The van der Waals surface area contributed by atoms with Gasteiger partial charge in [0.25, 0.3) is 0 Å². The van der Waals surface area contributed by atoms with Crippen LogP contribution in [0, 0.1) is 17.7 Å². The zero-order valence-electron chi connectivity index (χ0n) is 20.3. The number of halogens is 1. The highest BCUT2D eigenvalue weighted by molar-refractivity contribution is 5.98. The Kier molecular flexibility index (Phi) is 7.53. The number of ether oxygens (including phenoxy) is 2. The van der Waals surface area contributed by atoms with Crippen molar-refractivity contribution in [2.75, 3.05) is 32.8 Å². The molecular weight excluding hydrogens is 463 g/mol. The van der Waals surface area contributed by atoms with Gasteiger partial charge in [-0.15, -0.1) is 0 Å². The minimum Gasteiger partial charge on any atom is -0.486 e. The van der Waals surface area contributed by atoms with Crippen LogP contribution in [-0.2, 0) is 4.79 Å². The standard InChI is InChI=1S/C28H33FN2O5/c29-22-8-5-18(6-9-22)26(32)19-3-4-21(15-19)28(34)30-23(17-31-11-1-2-12-31)27(33)20-7-10-24-25(16-20)36-14-13-35-24/h5-10,16,19,21,23,27,33H,1-4,11-15,17H2,(H,30,34). The van der Waals surface area contributed by atoms with Crippen molar-refractivity contribution in [3.05, 3.63) is 59.4 Å². The third-order valence-corrected chi connectivity index (χ3v) is 7.57. The monoisotopic (exact) mass is 496 g/mol. The first kappa shape index (κ1) is 24.7. The Labute approximate surface area is 210 Å². The number of nitrogens with zero attached hydrogens (tertiary/aromatic N) is 1. The quantitative estimate of drug-likeness (QED) is 0.544. The Morgan fingerprint density at radius 3 is 2.44 bits per heavy atom. The van der Waals surface area contributed by atoms with Crippen LogP contribution in [0.3, 0.4) is 0 Å². The number of nitrogens with one attached hydrogen (secondary N) is 1. The molecule has 4 unspecified atom stereocenters. The van der Waals surface area contributed by atoms with Gasteiger partial charge in [0.2, 0.25) is 5.91 Å². The van der Waals surface area contributed by atoms with E-state index in [1.54, 1.807) is 12.1 Å². The van der Waals surface area contributed by atoms with E-state index in [0.717, 1.165) is 25.9 Å². The van der Waals surface area contributed by atoms with Crippen molar-refractivity contribution in [1.82, 2.24) is 10.2 Å². The number of aliphatic hydroxyl groups is 1. The highest BCUT2D eigenvalue weighted by Crippen LogP contribution is 2.35. The van der Waals surface area contributed by atoms with Crippen molar-refractivity contribution in [2.24, 2.45) is 11.8 Å². The summed E-state index contributed by atoms with van der Waals surface area (Å²) in [5.74, 6) is 0.136. The fourth-order valence-electron chi connectivity index (χ4n) is 5.55. The number of carbonyl (C=O) groups is 2. The van der Waals surface area contributed by atoms with Crippen LogP contribution in [0.5, 0.6) is 11.5 Å². The third kappa shape index (κ3) is 5.55. The predicted octanol–water partition coefficient (Wildman–Crippen LogP) is 3.51. The Balaban J connectivity index is 1.26. The van der Waals surface area contributed by atoms with Gasteiger partial charge in [-0.1, -0.05) is 6.07 Å². The number of ketones is 1. The number of aliphatic hydroxyl groups excluding tert-OH is 1. The first-order valence-electron chi connectivity index (χ1n) is 12.9. The zero-order chi connectivity index (χ0) is 25.1. The number of likely N-dealkylation sites (tertiary alicyclic amines) is 1. The number of amides is 1. The highest BCUT2D eigenvalue weighted by Gasteiger charge is 2.36. The van der Waals surface area contributed by atoms with E-state index in [1.165, 1.54) is 24.3 Å². The molecular formula is C28H33FN2O5. The summed E-state index contributed by atoms with van der Waals surface area (Å²) in [6.07, 6.45) is 2.99. The summed E-state index contributed by atoms with van der Waals surface area (Å²) >= 11 is 0. The lowest BCUT2D eigenvalue weighted by atomic mass is 9.94. The molecule has 0 radical (unpaired) electrons. The zero-order valence-corrected chi connectivity index (χ0v) is 20.3. The predicted molar refractivity (Wildman–Crippen MR) is 132 cm³/mol. The second-order valence-electron chi connectivity index (χ2n) is 10.0. The largest absolute Gasteiger partial charge is 0.486 e. The molecule has 8 heteroatoms. The summed E-state index contributed by atoms with van der Waals surface area (Å²) in [7, 11) is 0. The maximum absolute atomic E-state index is 13.3. The summed E-state index contributed by atoms with van der Waals surface area (Å²) in [4.78, 5) is 28.4. The van der Waals surface area contributed by atoms with Crippen LogP contribution < -0.4 is 14.8 Å². The van der Waals surface area contributed by atoms with Crippen molar-refractivity contribution in [2.45, 2.75) is 44.2 Å². The summed E-state index contributed by atoms with van der Waals surface area (Å²) in [6, 6.07) is 10.5. The van der Waals surface area contributed by atoms with Crippen molar-refractivity contribution < 1.29 is 28.6 Å². The number of hydrogen-bond donors (Lipinski definition) is 2. The number of rotatable bonds is 8. The molecule has 1 aliphatic carbocycles. The Morgan fingerprint density at radius 1 is 1.00 bits per heavy atom. The van der Waals surface area contributed by atoms with Gasteiger partial charge in [-0.25, -0.2) is 4.39 Å². The average Bonchev–Trinajstić information content (AvgIpc) is 3.60. The molecule has 1 amide bonds. The minimum absolute atomic E-state index is 0.0461. The fraction of sp³-hybridized carbons (Fsp3) is 0.500. The van der Waals surface area contributed by atoms with E-state index in [9.17, 15) is 19.1 Å². The van der Waals surface area contributed by atoms with E-state index in [0.29, 0.717) is 61.6 Å². The molecule has 2 fully saturated rings. The number of benzene rings is 2. The van der Waals surface area contributed by atoms with E-state index in [1.807, 2.05) is 6.07 Å². The topological polar surface area (TPSA) is 88.1 Å². The van der Waals surface area contributed by atoms with Gasteiger partial charge in [0.05, 0.1) is 6.04 Å². The van der Waals surface area contributed by atoms with Crippen LogP contribution in [0.25, 0.3) is 0 Å². The molecule has 7 nitrogen and oxygen atoms in total. The SMILES string of the molecule is O=C(NC(CN1CCCC1)C(O)c1ccc2c(c1)OCCO2)C1CCC(C(=O)c2ccc(F)cc2)C1. The summed E-state index contributed by atoms with van der Waals surface area (Å²) < 4.78 is 24.5. The molecule has 2 heterocycles. The molecule has 2 aliphatic heterocycles. The van der Waals surface area contributed by atoms with Gasteiger partial charge in [0.1, 0.15) is 25.1 Å². The first-order chi connectivity index (χ1) is 17.5. The highest BCUT2D eigenvalue weighted by atomic mass is 19.1. The van der Waals surface area contributed by atoms with Gasteiger partial charge in [0, 0.05) is 23.9 Å². The second kappa shape index (κ2) is 11.0. The average molecular weight is 497 g/mol. The fourth-order valence-corrected chi connectivity index (χ4v) is 5.55. The van der Waals surface area contributed by atoms with Crippen LogP contribution in [0.15, 0.2) is 42.5 Å². The number of fused-ring (bicyclic) bond motifs is 1.